The Balaban J connectivity index is 0.00000220. The van der Waals surface area contributed by atoms with Gasteiger partial charge in [0, 0.05) is 31.6 Å². The molecule has 0 aromatic carbocycles. The molecule has 2 rings (SSSR count). The van der Waals surface area contributed by atoms with Gasteiger partial charge < -0.3 is 19.9 Å². The summed E-state index contributed by atoms with van der Waals surface area (Å²) in [6, 6.07) is 1.89. The highest BCUT2D eigenvalue weighted by Crippen LogP contribution is 2.16. The molecular weight excluding hydrogens is 290 g/mol. The Morgan fingerprint density at radius 2 is 2.19 bits per heavy atom. The average Bonchev–Trinajstić information content (AvgIpc) is 2.89. The number of nitrogens with one attached hydrogen (secondary N) is 2. The van der Waals surface area contributed by atoms with Crippen molar-refractivity contribution in [2.45, 2.75) is 44.9 Å². The SMILES string of the molecule is CO[C@@H]1CCNC[C@@H]1NC(=O)c1ccn(C(C)(C)C)c1.Cl. The molecule has 2 N–H and O–H groups in total. The number of carbonyl (C=O) groups excluding carboxylic acids is 1. The highest BCUT2D eigenvalue weighted by molar-refractivity contribution is 5.94. The van der Waals surface area contributed by atoms with Crippen LogP contribution in [0.3, 0.4) is 0 Å². The molecule has 0 unspecified atom stereocenters. The van der Waals surface area contributed by atoms with Gasteiger partial charge in [0.05, 0.1) is 17.7 Å². The number of piperidine rings is 1. The van der Waals surface area contributed by atoms with Crippen molar-refractivity contribution >= 4 is 18.3 Å². The molecule has 0 bridgehead atoms. The first-order valence-corrected chi connectivity index (χ1v) is 7.14. The number of halogens is 1. The van der Waals surface area contributed by atoms with E-state index in [-0.39, 0.29) is 36.0 Å². The van der Waals surface area contributed by atoms with Crippen molar-refractivity contribution in [3.05, 3.63) is 24.0 Å². The highest BCUT2D eigenvalue weighted by Gasteiger charge is 2.26. The van der Waals surface area contributed by atoms with Crippen molar-refractivity contribution in [2.24, 2.45) is 0 Å². The third-order valence-electron chi connectivity index (χ3n) is 3.77. The van der Waals surface area contributed by atoms with Crippen LogP contribution in [0.1, 0.15) is 37.6 Å². The number of amides is 1. The van der Waals surface area contributed by atoms with Crippen molar-refractivity contribution in [2.75, 3.05) is 20.2 Å². The van der Waals surface area contributed by atoms with Gasteiger partial charge in [0.15, 0.2) is 0 Å². The molecular formula is C15H26ClN3O2. The molecule has 1 saturated heterocycles. The van der Waals surface area contributed by atoms with E-state index in [1.807, 2.05) is 18.5 Å². The lowest BCUT2D eigenvalue weighted by molar-refractivity contribution is 0.0448. The molecule has 5 nitrogen and oxygen atoms in total. The predicted molar refractivity (Wildman–Crippen MR) is 86.2 cm³/mol. The molecule has 120 valence electrons. The Kier molecular flexibility index (Phi) is 6.25. The van der Waals surface area contributed by atoms with E-state index in [1.165, 1.54) is 0 Å². The summed E-state index contributed by atoms with van der Waals surface area (Å²) in [4.78, 5) is 12.3. The van der Waals surface area contributed by atoms with Gasteiger partial charge in [0.1, 0.15) is 0 Å². The molecule has 2 atom stereocenters. The van der Waals surface area contributed by atoms with Crippen molar-refractivity contribution in [3.8, 4) is 0 Å². The van der Waals surface area contributed by atoms with Crippen molar-refractivity contribution in [3.63, 3.8) is 0 Å². The van der Waals surface area contributed by atoms with Gasteiger partial charge in [-0.3, -0.25) is 4.79 Å². The van der Waals surface area contributed by atoms with Crippen LogP contribution in [0, 0.1) is 0 Å². The Bertz CT molecular complexity index is 468. The summed E-state index contributed by atoms with van der Waals surface area (Å²) < 4.78 is 7.49. The largest absolute Gasteiger partial charge is 0.379 e. The van der Waals surface area contributed by atoms with Crippen molar-refractivity contribution in [1.29, 1.82) is 0 Å². The first-order valence-electron chi connectivity index (χ1n) is 7.14. The second-order valence-corrected chi connectivity index (χ2v) is 6.33. The summed E-state index contributed by atoms with van der Waals surface area (Å²) in [5.41, 5.74) is 0.681. The van der Waals surface area contributed by atoms with Gasteiger partial charge in [-0.05, 0) is 39.8 Å². The number of methoxy groups -OCH3 is 1. The average molecular weight is 316 g/mol. The molecule has 0 radical (unpaired) electrons. The maximum atomic E-state index is 12.3. The number of ether oxygens (including phenoxy) is 1. The fourth-order valence-electron chi connectivity index (χ4n) is 2.46. The fourth-order valence-corrected chi connectivity index (χ4v) is 2.46. The molecule has 1 aromatic rings. The van der Waals surface area contributed by atoms with Gasteiger partial charge in [-0.2, -0.15) is 0 Å². The fraction of sp³-hybridized carbons (Fsp3) is 0.667. The first kappa shape index (κ1) is 18.0. The van der Waals surface area contributed by atoms with E-state index in [1.54, 1.807) is 7.11 Å². The van der Waals surface area contributed by atoms with Gasteiger partial charge in [0.2, 0.25) is 0 Å². The van der Waals surface area contributed by atoms with Gasteiger partial charge in [0.25, 0.3) is 5.91 Å². The Hall–Kier alpha value is -1.04. The number of nitrogens with zero attached hydrogens (tertiary/aromatic N) is 1. The van der Waals surface area contributed by atoms with Crippen LogP contribution in [0.2, 0.25) is 0 Å². The zero-order chi connectivity index (χ0) is 14.8. The maximum absolute atomic E-state index is 12.3. The molecule has 0 spiro atoms. The lowest BCUT2D eigenvalue weighted by Gasteiger charge is -2.31. The molecule has 21 heavy (non-hydrogen) atoms. The number of hydrogen-bond donors (Lipinski definition) is 2. The normalized spacial score (nSPS) is 22.5. The lowest BCUT2D eigenvalue weighted by atomic mass is 10.0. The number of rotatable bonds is 3. The summed E-state index contributed by atoms with van der Waals surface area (Å²) in [5, 5.41) is 6.35. The Morgan fingerprint density at radius 3 is 2.76 bits per heavy atom. The molecule has 1 aliphatic heterocycles. The monoisotopic (exact) mass is 315 g/mol. The zero-order valence-corrected chi connectivity index (χ0v) is 14.0. The summed E-state index contributed by atoms with van der Waals surface area (Å²) in [6.45, 7) is 8.03. The number of carbonyl (C=O) groups is 1. The summed E-state index contributed by atoms with van der Waals surface area (Å²) in [6.07, 6.45) is 4.85. The van der Waals surface area contributed by atoms with Gasteiger partial charge in [-0.15, -0.1) is 12.4 Å². The van der Waals surface area contributed by atoms with E-state index in [9.17, 15) is 4.79 Å². The predicted octanol–water partition coefficient (Wildman–Crippen LogP) is 1.77. The van der Waals surface area contributed by atoms with Crippen LogP contribution in [0.15, 0.2) is 18.5 Å². The highest BCUT2D eigenvalue weighted by atomic mass is 35.5. The molecule has 1 aromatic heterocycles. The number of aromatic nitrogens is 1. The molecule has 1 aliphatic rings. The Morgan fingerprint density at radius 1 is 1.48 bits per heavy atom. The maximum Gasteiger partial charge on any atom is 0.253 e. The zero-order valence-electron chi connectivity index (χ0n) is 13.2. The van der Waals surface area contributed by atoms with Gasteiger partial charge in [-0.1, -0.05) is 0 Å². The van der Waals surface area contributed by atoms with E-state index in [0.717, 1.165) is 19.5 Å². The van der Waals surface area contributed by atoms with Crippen LogP contribution in [-0.2, 0) is 10.3 Å². The van der Waals surface area contributed by atoms with Crippen LogP contribution < -0.4 is 10.6 Å². The Labute approximate surface area is 132 Å². The van der Waals surface area contributed by atoms with Crippen LogP contribution in [0.4, 0.5) is 0 Å². The minimum absolute atomic E-state index is 0. The minimum Gasteiger partial charge on any atom is -0.379 e. The van der Waals surface area contributed by atoms with Crippen LogP contribution in [0.5, 0.6) is 0 Å². The van der Waals surface area contributed by atoms with Crippen molar-refractivity contribution in [1.82, 2.24) is 15.2 Å². The van der Waals surface area contributed by atoms with Gasteiger partial charge in [-0.25, -0.2) is 0 Å². The quantitative estimate of drug-likeness (QED) is 0.894. The molecule has 6 heteroatoms. The summed E-state index contributed by atoms with van der Waals surface area (Å²) >= 11 is 0. The molecule has 0 aliphatic carbocycles. The van der Waals surface area contributed by atoms with E-state index in [0.29, 0.717) is 5.56 Å². The number of hydrogen-bond acceptors (Lipinski definition) is 3. The standard InChI is InChI=1S/C15H25N3O2.ClH/c1-15(2,3)18-8-6-11(10-18)14(19)17-12-9-16-7-5-13(12)20-4;/h6,8,10,12-13,16H,5,7,9H2,1-4H3,(H,17,19);1H/t12-,13+;/m0./s1. The molecule has 2 heterocycles. The summed E-state index contributed by atoms with van der Waals surface area (Å²) in [7, 11) is 1.70. The second kappa shape index (κ2) is 7.29. The van der Waals surface area contributed by atoms with Crippen LogP contribution in [0.25, 0.3) is 0 Å². The molecule has 0 saturated carbocycles. The minimum atomic E-state index is -0.0382. The van der Waals surface area contributed by atoms with Crippen LogP contribution >= 0.6 is 12.4 Å². The lowest BCUT2D eigenvalue weighted by Crippen LogP contribution is -2.54. The first-order chi connectivity index (χ1) is 9.41. The third-order valence-corrected chi connectivity index (χ3v) is 3.77. The molecule has 1 amide bonds. The molecule has 1 fully saturated rings. The summed E-state index contributed by atoms with van der Waals surface area (Å²) in [5.74, 6) is -0.0382. The third kappa shape index (κ3) is 4.46. The van der Waals surface area contributed by atoms with E-state index < -0.39 is 0 Å². The van der Waals surface area contributed by atoms with E-state index in [4.69, 9.17) is 4.74 Å². The van der Waals surface area contributed by atoms with Gasteiger partial charge >= 0.3 is 0 Å². The topological polar surface area (TPSA) is 55.3 Å². The van der Waals surface area contributed by atoms with Crippen LogP contribution in [-0.4, -0.2) is 42.8 Å². The van der Waals surface area contributed by atoms with Crippen molar-refractivity contribution < 1.29 is 9.53 Å². The smallest absolute Gasteiger partial charge is 0.253 e. The second-order valence-electron chi connectivity index (χ2n) is 6.33. The van der Waals surface area contributed by atoms with E-state index in [2.05, 4.69) is 36.0 Å². The van der Waals surface area contributed by atoms with E-state index >= 15 is 0 Å².